The monoisotopic (exact) mass is 434 g/mol. The van der Waals surface area contributed by atoms with E-state index in [4.69, 9.17) is 34.8 Å². The Morgan fingerprint density at radius 3 is 2.23 bits per heavy atom. The summed E-state index contributed by atoms with van der Waals surface area (Å²) in [7, 11) is -3.73. The molecule has 0 heterocycles. The Balaban J connectivity index is 2.34. The summed E-state index contributed by atoms with van der Waals surface area (Å²) in [6.45, 7) is 3.29. The van der Waals surface area contributed by atoms with Crippen LogP contribution in [0.5, 0.6) is 0 Å². The van der Waals surface area contributed by atoms with Gasteiger partial charge >= 0.3 is 0 Å². The molecule has 0 aromatic heterocycles. The van der Waals surface area contributed by atoms with Crippen molar-refractivity contribution in [3.8, 4) is 0 Å². The third-order valence-corrected chi connectivity index (χ3v) is 6.07. The first-order valence-corrected chi connectivity index (χ1v) is 10.5. The first-order chi connectivity index (χ1) is 12.0. The van der Waals surface area contributed by atoms with E-state index in [2.05, 4.69) is 5.32 Å². The van der Waals surface area contributed by atoms with Crippen LogP contribution in [0.4, 0.5) is 11.4 Å². The van der Waals surface area contributed by atoms with Crippen molar-refractivity contribution in [3.05, 3.63) is 57.0 Å². The van der Waals surface area contributed by atoms with Crippen molar-refractivity contribution in [3.63, 3.8) is 0 Å². The van der Waals surface area contributed by atoms with Crippen LogP contribution in [0, 0.1) is 6.92 Å². The lowest BCUT2D eigenvalue weighted by atomic mass is 10.2. The Morgan fingerprint density at radius 1 is 1.04 bits per heavy atom. The smallest absolute Gasteiger partial charge is 0.247 e. The van der Waals surface area contributed by atoms with E-state index in [-0.39, 0.29) is 5.02 Å². The molecule has 0 spiro atoms. The normalized spacial score (nSPS) is 12.5. The van der Waals surface area contributed by atoms with Crippen LogP contribution >= 0.6 is 34.8 Å². The van der Waals surface area contributed by atoms with Gasteiger partial charge in [-0.2, -0.15) is 0 Å². The molecule has 0 radical (unpaired) electrons. The molecule has 0 aliphatic carbocycles. The van der Waals surface area contributed by atoms with Crippen molar-refractivity contribution >= 4 is 62.1 Å². The van der Waals surface area contributed by atoms with E-state index >= 15 is 0 Å². The van der Waals surface area contributed by atoms with Crippen LogP contribution in [0.3, 0.4) is 0 Å². The molecule has 0 aliphatic heterocycles. The summed E-state index contributed by atoms with van der Waals surface area (Å²) in [5, 5.41) is 3.68. The van der Waals surface area contributed by atoms with Gasteiger partial charge in [0.15, 0.2) is 0 Å². The number of amides is 1. The molecule has 0 aliphatic rings. The maximum atomic E-state index is 12.6. The Bertz CT molecular complexity index is 948. The van der Waals surface area contributed by atoms with Gasteiger partial charge in [0.25, 0.3) is 0 Å². The number of rotatable bonds is 5. The number of nitrogens with zero attached hydrogens (tertiary/aromatic N) is 1. The summed E-state index contributed by atoms with van der Waals surface area (Å²) in [6.07, 6.45) is 1.03. The predicted molar refractivity (Wildman–Crippen MR) is 108 cm³/mol. The summed E-state index contributed by atoms with van der Waals surface area (Å²) >= 11 is 17.9. The fourth-order valence-corrected chi connectivity index (χ4v) is 3.99. The van der Waals surface area contributed by atoms with E-state index in [0.29, 0.717) is 21.4 Å². The molecule has 2 aromatic rings. The van der Waals surface area contributed by atoms with Crippen molar-refractivity contribution in [2.75, 3.05) is 15.9 Å². The molecule has 2 aromatic carbocycles. The van der Waals surface area contributed by atoms with E-state index in [1.807, 2.05) is 0 Å². The molecule has 0 fully saturated rings. The molecule has 0 saturated heterocycles. The highest BCUT2D eigenvalue weighted by molar-refractivity contribution is 7.92. The van der Waals surface area contributed by atoms with Crippen LogP contribution in [0.1, 0.15) is 12.5 Å². The third-order valence-electron chi connectivity index (χ3n) is 3.69. The van der Waals surface area contributed by atoms with Crippen molar-refractivity contribution in [2.45, 2.75) is 19.9 Å². The number of nitrogens with one attached hydrogen (secondary N) is 1. The highest BCUT2D eigenvalue weighted by Gasteiger charge is 2.29. The number of carbonyl (C=O) groups excluding carboxylic acids is 1. The average molecular weight is 436 g/mol. The second-order valence-electron chi connectivity index (χ2n) is 5.79. The summed E-state index contributed by atoms with van der Waals surface area (Å²) in [4.78, 5) is 12.6. The quantitative estimate of drug-likeness (QED) is 0.737. The minimum Gasteiger partial charge on any atom is -0.324 e. The lowest BCUT2D eigenvalue weighted by molar-refractivity contribution is -0.116. The molecule has 9 heteroatoms. The van der Waals surface area contributed by atoms with Gasteiger partial charge in [-0.3, -0.25) is 9.10 Å². The molecular formula is C17H17Cl3N2O3S. The molecule has 1 atom stereocenters. The van der Waals surface area contributed by atoms with E-state index in [9.17, 15) is 13.2 Å². The molecular weight excluding hydrogens is 419 g/mol. The number of benzene rings is 2. The second kappa shape index (κ2) is 8.05. The molecule has 140 valence electrons. The molecule has 5 nitrogen and oxygen atoms in total. The maximum Gasteiger partial charge on any atom is 0.247 e. The van der Waals surface area contributed by atoms with Crippen LogP contribution in [0.2, 0.25) is 15.1 Å². The SMILES string of the molecule is Cc1ccc(N([C@H](C)C(=O)Nc2ccc(Cl)c(Cl)c2)S(C)(=O)=O)cc1Cl. The summed E-state index contributed by atoms with van der Waals surface area (Å²) in [5.74, 6) is -0.523. The number of aryl methyl sites for hydroxylation is 1. The zero-order valence-corrected chi connectivity index (χ0v) is 17.3. The van der Waals surface area contributed by atoms with Gasteiger partial charge < -0.3 is 5.32 Å². The highest BCUT2D eigenvalue weighted by atomic mass is 35.5. The fourth-order valence-electron chi connectivity index (χ4n) is 2.35. The summed E-state index contributed by atoms with van der Waals surface area (Å²) < 4.78 is 25.6. The van der Waals surface area contributed by atoms with Crippen LogP contribution in [0.15, 0.2) is 36.4 Å². The minimum atomic E-state index is -3.73. The van der Waals surface area contributed by atoms with Gasteiger partial charge in [0, 0.05) is 10.7 Å². The lowest BCUT2D eigenvalue weighted by Crippen LogP contribution is -2.45. The van der Waals surface area contributed by atoms with Crippen molar-refractivity contribution in [1.82, 2.24) is 0 Å². The minimum absolute atomic E-state index is 0.280. The van der Waals surface area contributed by atoms with Gasteiger partial charge in [0.2, 0.25) is 15.9 Å². The van der Waals surface area contributed by atoms with Crippen molar-refractivity contribution in [2.24, 2.45) is 0 Å². The number of halogens is 3. The fraction of sp³-hybridized carbons (Fsp3) is 0.235. The van der Waals surface area contributed by atoms with E-state index in [1.165, 1.54) is 25.1 Å². The second-order valence-corrected chi connectivity index (χ2v) is 8.87. The Kier molecular flexibility index (Phi) is 6.45. The number of hydrogen-bond acceptors (Lipinski definition) is 3. The first-order valence-electron chi connectivity index (χ1n) is 7.52. The molecule has 1 amide bonds. The number of carbonyl (C=O) groups is 1. The van der Waals surface area contributed by atoms with Gasteiger partial charge in [-0.15, -0.1) is 0 Å². The van der Waals surface area contributed by atoms with Crippen molar-refractivity contribution in [1.29, 1.82) is 0 Å². The zero-order valence-electron chi connectivity index (χ0n) is 14.3. The summed E-state index contributed by atoms with van der Waals surface area (Å²) in [5.41, 5.74) is 1.52. The Hall–Kier alpha value is -1.47. The molecule has 1 N–H and O–H groups in total. The number of anilines is 2. The first kappa shape index (κ1) is 20.8. The molecule has 0 bridgehead atoms. The number of sulfonamides is 1. The molecule has 0 saturated carbocycles. The van der Waals surface area contributed by atoms with Crippen molar-refractivity contribution < 1.29 is 13.2 Å². The van der Waals surface area contributed by atoms with E-state index in [1.54, 1.807) is 25.1 Å². The zero-order chi connectivity index (χ0) is 19.6. The Labute approximate surface area is 167 Å². The average Bonchev–Trinajstić information content (AvgIpc) is 2.53. The standard InChI is InChI=1S/C17H17Cl3N2O3S/c1-10-4-6-13(9-15(10)19)22(26(3,24)25)11(2)17(23)21-12-5-7-14(18)16(20)8-12/h4-9,11H,1-3H3,(H,21,23)/t11-/m1/s1. The molecule has 0 unspecified atom stereocenters. The van der Waals surface area contributed by atoms with E-state index < -0.39 is 22.0 Å². The lowest BCUT2D eigenvalue weighted by Gasteiger charge is -2.28. The van der Waals surface area contributed by atoms with Crippen LogP contribution in [-0.4, -0.2) is 26.6 Å². The van der Waals surface area contributed by atoms with Crippen LogP contribution in [0.25, 0.3) is 0 Å². The maximum absolute atomic E-state index is 12.6. The van der Waals surface area contributed by atoms with Gasteiger partial charge in [-0.25, -0.2) is 8.42 Å². The van der Waals surface area contributed by atoms with Gasteiger partial charge in [-0.1, -0.05) is 40.9 Å². The van der Waals surface area contributed by atoms with Gasteiger partial charge in [0.05, 0.1) is 22.0 Å². The Morgan fingerprint density at radius 2 is 1.69 bits per heavy atom. The number of hydrogen-bond donors (Lipinski definition) is 1. The van der Waals surface area contributed by atoms with Crippen LogP contribution in [-0.2, 0) is 14.8 Å². The molecule has 2 rings (SSSR count). The largest absolute Gasteiger partial charge is 0.324 e. The predicted octanol–water partition coefficient (Wildman–Crippen LogP) is 4.75. The van der Waals surface area contributed by atoms with E-state index in [0.717, 1.165) is 16.1 Å². The van der Waals surface area contributed by atoms with Crippen LogP contribution < -0.4 is 9.62 Å². The molecule has 26 heavy (non-hydrogen) atoms. The highest BCUT2D eigenvalue weighted by Crippen LogP contribution is 2.28. The third kappa shape index (κ3) is 4.82. The van der Waals surface area contributed by atoms with Gasteiger partial charge in [0.1, 0.15) is 6.04 Å². The topological polar surface area (TPSA) is 66.5 Å². The summed E-state index contributed by atoms with van der Waals surface area (Å²) in [6, 6.07) is 8.40. The van der Waals surface area contributed by atoms with Gasteiger partial charge in [-0.05, 0) is 49.7 Å².